The highest BCUT2D eigenvalue weighted by molar-refractivity contribution is 5.89. The minimum absolute atomic E-state index is 0.0960. The highest BCUT2D eigenvalue weighted by Gasteiger charge is 2.07. The van der Waals surface area contributed by atoms with E-state index in [1.54, 1.807) is 24.3 Å². The van der Waals surface area contributed by atoms with Crippen LogP contribution < -0.4 is 20.1 Å². The summed E-state index contributed by atoms with van der Waals surface area (Å²) in [5.41, 5.74) is -0.0960. The normalized spacial score (nSPS) is 10.1. The number of amides is 2. The molecule has 0 aliphatic rings. The zero-order valence-corrected chi connectivity index (χ0v) is 13.1. The third kappa shape index (κ3) is 5.42. The Morgan fingerprint density at radius 3 is 2.33 bits per heavy atom. The molecule has 0 saturated carbocycles. The third-order valence-electron chi connectivity index (χ3n) is 2.97. The van der Waals surface area contributed by atoms with E-state index in [4.69, 9.17) is 9.47 Å². The quantitative estimate of drug-likeness (QED) is 0.760. The topological polar surface area (TPSA) is 59.6 Å². The van der Waals surface area contributed by atoms with Gasteiger partial charge < -0.3 is 20.1 Å². The maximum absolute atomic E-state index is 13.4. The van der Waals surface area contributed by atoms with Crippen molar-refractivity contribution in [1.82, 2.24) is 5.32 Å². The van der Waals surface area contributed by atoms with Crippen LogP contribution in [0.25, 0.3) is 0 Å². The number of ether oxygens (including phenoxy) is 2. The minimum atomic E-state index is -0.837. The van der Waals surface area contributed by atoms with E-state index in [-0.39, 0.29) is 18.8 Å². The van der Waals surface area contributed by atoms with E-state index in [9.17, 15) is 13.6 Å². The van der Waals surface area contributed by atoms with Crippen molar-refractivity contribution >= 4 is 11.7 Å². The molecule has 0 fully saturated rings. The summed E-state index contributed by atoms with van der Waals surface area (Å²) in [6.45, 7) is 2.96. The average Bonchev–Trinajstić information content (AvgIpc) is 2.56. The number of hydrogen-bond donors (Lipinski definition) is 2. The molecule has 0 saturated heterocycles. The summed E-state index contributed by atoms with van der Waals surface area (Å²) < 4.78 is 36.9. The summed E-state index contributed by atoms with van der Waals surface area (Å²) in [6, 6.07) is 9.42. The van der Waals surface area contributed by atoms with Crippen molar-refractivity contribution in [3.8, 4) is 11.5 Å². The number of carbonyl (C=O) groups is 1. The van der Waals surface area contributed by atoms with Gasteiger partial charge in [-0.25, -0.2) is 13.6 Å². The Kier molecular flexibility index (Phi) is 6.36. The summed E-state index contributed by atoms with van der Waals surface area (Å²) in [6.07, 6.45) is 0. The van der Waals surface area contributed by atoms with Gasteiger partial charge in [-0.3, -0.25) is 0 Å². The maximum atomic E-state index is 13.4. The van der Waals surface area contributed by atoms with Crippen molar-refractivity contribution in [3.63, 3.8) is 0 Å². The minimum Gasteiger partial charge on any atom is -0.494 e. The molecule has 24 heavy (non-hydrogen) atoms. The molecule has 0 radical (unpaired) electrons. The van der Waals surface area contributed by atoms with E-state index in [0.29, 0.717) is 18.4 Å². The fraction of sp³-hybridized carbons (Fsp3) is 0.235. The Labute approximate surface area is 138 Å². The first kappa shape index (κ1) is 17.5. The van der Waals surface area contributed by atoms with Crippen LogP contribution in [-0.2, 0) is 0 Å². The Morgan fingerprint density at radius 2 is 1.71 bits per heavy atom. The van der Waals surface area contributed by atoms with Gasteiger partial charge in [-0.2, -0.15) is 0 Å². The fourth-order valence-corrected chi connectivity index (χ4v) is 1.89. The number of hydrogen-bond acceptors (Lipinski definition) is 3. The van der Waals surface area contributed by atoms with Gasteiger partial charge in [0.2, 0.25) is 0 Å². The summed E-state index contributed by atoms with van der Waals surface area (Å²) in [5, 5.41) is 4.81. The number of halogens is 2. The van der Waals surface area contributed by atoms with Crippen LogP contribution in [0.15, 0.2) is 42.5 Å². The molecule has 0 unspecified atom stereocenters. The molecule has 0 atom stereocenters. The first-order chi connectivity index (χ1) is 11.6. The second-order valence-electron chi connectivity index (χ2n) is 4.76. The molecule has 7 heteroatoms. The fourth-order valence-electron chi connectivity index (χ4n) is 1.89. The molecule has 2 amide bonds. The van der Waals surface area contributed by atoms with Crippen LogP contribution in [0.2, 0.25) is 0 Å². The summed E-state index contributed by atoms with van der Waals surface area (Å²) >= 11 is 0. The molecule has 0 aliphatic heterocycles. The van der Waals surface area contributed by atoms with Gasteiger partial charge in [-0.05, 0) is 43.3 Å². The summed E-state index contributed by atoms with van der Waals surface area (Å²) in [4.78, 5) is 11.6. The van der Waals surface area contributed by atoms with Crippen LogP contribution in [-0.4, -0.2) is 25.8 Å². The average molecular weight is 336 g/mol. The highest BCUT2D eigenvalue weighted by atomic mass is 19.1. The van der Waals surface area contributed by atoms with E-state index in [1.165, 1.54) is 0 Å². The lowest BCUT2D eigenvalue weighted by atomic mass is 10.3. The lowest BCUT2D eigenvalue weighted by Gasteiger charge is -2.10. The molecular formula is C17H18F2N2O3. The standard InChI is InChI=1S/C17H18F2N2O3/c1-2-23-13-4-6-14(7-5-13)24-10-9-20-17(22)21-16-8-3-12(18)11-15(16)19/h3-8,11H,2,9-10H2,1H3,(H2,20,21,22). The molecule has 0 spiro atoms. The van der Waals surface area contributed by atoms with Crippen molar-refractivity contribution in [2.45, 2.75) is 6.92 Å². The van der Waals surface area contributed by atoms with Crippen LogP contribution in [0.3, 0.4) is 0 Å². The molecule has 5 nitrogen and oxygen atoms in total. The van der Waals surface area contributed by atoms with E-state index in [0.717, 1.165) is 17.9 Å². The number of anilines is 1. The number of rotatable bonds is 7. The lowest BCUT2D eigenvalue weighted by molar-refractivity contribution is 0.247. The molecule has 2 N–H and O–H groups in total. The Hall–Kier alpha value is -2.83. The smallest absolute Gasteiger partial charge is 0.319 e. The first-order valence-electron chi connectivity index (χ1n) is 7.44. The number of nitrogens with one attached hydrogen (secondary N) is 2. The van der Waals surface area contributed by atoms with Crippen LogP contribution in [0, 0.1) is 11.6 Å². The highest BCUT2D eigenvalue weighted by Crippen LogP contribution is 2.17. The summed E-state index contributed by atoms with van der Waals surface area (Å²) in [7, 11) is 0. The van der Waals surface area contributed by atoms with Gasteiger partial charge in [-0.15, -0.1) is 0 Å². The number of carbonyl (C=O) groups excluding carboxylic acids is 1. The Balaban J connectivity index is 1.70. The van der Waals surface area contributed by atoms with Crippen LogP contribution >= 0.6 is 0 Å². The van der Waals surface area contributed by atoms with Crippen LogP contribution in [0.5, 0.6) is 11.5 Å². The molecule has 2 rings (SSSR count). The zero-order valence-electron chi connectivity index (χ0n) is 13.1. The molecule has 0 aliphatic carbocycles. The third-order valence-corrected chi connectivity index (χ3v) is 2.97. The van der Waals surface area contributed by atoms with Gasteiger partial charge >= 0.3 is 6.03 Å². The predicted octanol–water partition coefficient (Wildman–Crippen LogP) is 3.56. The van der Waals surface area contributed by atoms with Gasteiger partial charge in [-0.1, -0.05) is 0 Å². The molecule has 2 aromatic rings. The van der Waals surface area contributed by atoms with Crippen molar-refractivity contribution in [2.24, 2.45) is 0 Å². The second kappa shape index (κ2) is 8.71. The molecule has 128 valence electrons. The van der Waals surface area contributed by atoms with E-state index in [2.05, 4.69) is 10.6 Å². The van der Waals surface area contributed by atoms with Crippen LogP contribution in [0.1, 0.15) is 6.92 Å². The SMILES string of the molecule is CCOc1ccc(OCCNC(=O)Nc2ccc(F)cc2F)cc1. The van der Waals surface area contributed by atoms with Gasteiger partial charge in [0.25, 0.3) is 0 Å². The molecule has 0 aromatic heterocycles. The number of benzene rings is 2. The van der Waals surface area contributed by atoms with E-state index in [1.807, 2.05) is 6.92 Å². The lowest BCUT2D eigenvalue weighted by Crippen LogP contribution is -2.32. The first-order valence-corrected chi connectivity index (χ1v) is 7.44. The monoisotopic (exact) mass is 336 g/mol. The molecule has 0 heterocycles. The molecular weight excluding hydrogens is 318 g/mol. The number of urea groups is 1. The van der Waals surface area contributed by atoms with Gasteiger partial charge in [0.05, 0.1) is 18.8 Å². The van der Waals surface area contributed by atoms with E-state index < -0.39 is 17.7 Å². The van der Waals surface area contributed by atoms with E-state index >= 15 is 0 Å². The Bertz CT molecular complexity index is 678. The van der Waals surface area contributed by atoms with Crippen molar-refractivity contribution in [2.75, 3.05) is 25.1 Å². The zero-order chi connectivity index (χ0) is 17.4. The maximum Gasteiger partial charge on any atom is 0.319 e. The van der Waals surface area contributed by atoms with Crippen molar-refractivity contribution in [3.05, 3.63) is 54.1 Å². The summed E-state index contributed by atoms with van der Waals surface area (Å²) in [5.74, 6) is -0.146. The van der Waals surface area contributed by atoms with Gasteiger partial charge in [0.1, 0.15) is 29.7 Å². The molecule has 0 bridgehead atoms. The second-order valence-corrected chi connectivity index (χ2v) is 4.76. The van der Waals surface area contributed by atoms with Crippen LogP contribution in [0.4, 0.5) is 19.3 Å². The predicted molar refractivity (Wildman–Crippen MR) is 86.5 cm³/mol. The van der Waals surface area contributed by atoms with Crippen molar-refractivity contribution < 1.29 is 23.0 Å². The largest absolute Gasteiger partial charge is 0.494 e. The van der Waals surface area contributed by atoms with Gasteiger partial charge in [0, 0.05) is 6.07 Å². The van der Waals surface area contributed by atoms with Gasteiger partial charge in [0.15, 0.2) is 0 Å². The molecule has 2 aromatic carbocycles. The Morgan fingerprint density at radius 1 is 1.04 bits per heavy atom. The van der Waals surface area contributed by atoms with Crippen molar-refractivity contribution in [1.29, 1.82) is 0 Å².